The summed E-state index contributed by atoms with van der Waals surface area (Å²) in [6.45, 7) is 2.65. The standard InChI is InChI=1S/C22H22F4N2O2/c23-16-5-8-19-20(27-30-21(19)14-16)2-1-11-28-12-9-18(10-13-28)29-17-6-3-15(4-7-17)22(24,25)26/h3-8,14,18H,1-2,9-13H2. The fourth-order valence-corrected chi connectivity index (χ4v) is 3.78. The van der Waals surface area contributed by atoms with Crippen LogP contribution in [0.25, 0.3) is 11.0 Å². The Bertz CT molecular complexity index is 977. The Morgan fingerprint density at radius 2 is 1.80 bits per heavy atom. The van der Waals surface area contributed by atoms with Gasteiger partial charge in [0.05, 0.1) is 11.3 Å². The van der Waals surface area contributed by atoms with Crippen molar-refractivity contribution >= 4 is 11.0 Å². The molecule has 1 aromatic heterocycles. The van der Waals surface area contributed by atoms with E-state index in [-0.39, 0.29) is 11.9 Å². The van der Waals surface area contributed by atoms with Gasteiger partial charge in [0.1, 0.15) is 17.7 Å². The van der Waals surface area contributed by atoms with Crippen LogP contribution in [-0.4, -0.2) is 35.8 Å². The molecule has 0 atom stereocenters. The molecule has 4 rings (SSSR count). The minimum atomic E-state index is -4.33. The molecule has 0 radical (unpaired) electrons. The Labute approximate surface area is 171 Å². The number of ether oxygens (including phenoxy) is 1. The lowest BCUT2D eigenvalue weighted by atomic mass is 10.1. The van der Waals surface area contributed by atoms with Crippen molar-refractivity contribution in [2.45, 2.75) is 38.0 Å². The first-order valence-corrected chi connectivity index (χ1v) is 9.98. The van der Waals surface area contributed by atoms with Crippen molar-refractivity contribution in [3.63, 3.8) is 0 Å². The molecule has 0 N–H and O–H groups in total. The molecule has 1 aliphatic rings. The lowest BCUT2D eigenvalue weighted by Crippen LogP contribution is -2.38. The molecular weight excluding hydrogens is 400 g/mol. The summed E-state index contributed by atoms with van der Waals surface area (Å²) in [6.07, 6.45) is -1.02. The van der Waals surface area contributed by atoms with E-state index in [1.165, 1.54) is 24.3 Å². The molecule has 160 valence electrons. The van der Waals surface area contributed by atoms with E-state index in [4.69, 9.17) is 9.26 Å². The Morgan fingerprint density at radius 1 is 1.07 bits per heavy atom. The molecule has 8 heteroatoms. The van der Waals surface area contributed by atoms with Crippen LogP contribution in [0.1, 0.15) is 30.5 Å². The van der Waals surface area contributed by atoms with Gasteiger partial charge in [-0.15, -0.1) is 0 Å². The first kappa shape index (κ1) is 20.7. The monoisotopic (exact) mass is 422 g/mol. The Balaban J connectivity index is 1.21. The number of fused-ring (bicyclic) bond motifs is 1. The van der Waals surface area contributed by atoms with Crippen molar-refractivity contribution in [1.29, 1.82) is 0 Å². The van der Waals surface area contributed by atoms with E-state index in [9.17, 15) is 17.6 Å². The second-order valence-electron chi connectivity index (χ2n) is 7.55. The van der Waals surface area contributed by atoms with Crippen molar-refractivity contribution < 1.29 is 26.8 Å². The first-order chi connectivity index (χ1) is 14.4. The summed E-state index contributed by atoms with van der Waals surface area (Å²) in [5.74, 6) is 0.127. The third-order valence-corrected chi connectivity index (χ3v) is 5.42. The minimum Gasteiger partial charge on any atom is -0.490 e. The predicted molar refractivity (Wildman–Crippen MR) is 104 cm³/mol. The van der Waals surface area contributed by atoms with Crippen LogP contribution < -0.4 is 4.74 Å². The van der Waals surface area contributed by atoms with Gasteiger partial charge >= 0.3 is 6.18 Å². The molecule has 1 aliphatic heterocycles. The third kappa shape index (κ3) is 4.92. The van der Waals surface area contributed by atoms with E-state index < -0.39 is 11.7 Å². The lowest BCUT2D eigenvalue weighted by molar-refractivity contribution is -0.137. The number of halogens is 4. The number of aromatic nitrogens is 1. The van der Waals surface area contributed by atoms with Gasteiger partial charge < -0.3 is 14.2 Å². The molecule has 1 saturated heterocycles. The number of hydrogen-bond acceptors (Lipinski definition) is 4. The van der Waals surface area contributed by atoms with Gasteiger partial charge in [0.2, 0.25) is 0 Å². The number of piperidine rings is 1. The minimum absolute atomic E-state index is 0.00682. The largest absolute Gasteiger partial charge is 0.490 e. The Hall–Kier alpha value is -2.61. The number of alkyl halides is 3. The number of rotatable bonds is 6. The van der Waals surface area contributed by atoms with Gasteiger partial charge in [0.25, 0.3) is 0 Å². The van der Waals surface area contributed by atoms with E-state index in [1.807, 2.05) is 0 Å². The third-order valence-electron chi connectivity index (χ3n) is 5.42. The summed E-state index contributed by atoms with van der Waals surface area (Å²) in [4.78, 5) is 2.34. The van der Waals surface area contributed by atoms with E-state index >= 15 is 0 Å². The molecule has 2 heterocycles. The van der Waals surface area contributed by atoms with Crippen molar-refractivity contribution in [3.05, 3.63) is 59.5 Å². The maximum Gasteiger partial charge on any atom is 0.416 e. The number of hydrogen-bond donors (Lipinski definition) is 0. The normalized spacial score (nSPS) is 16.3. The van der Waals surface area contributed by atoms with Gasteiger partial charge in [-0.2, -0.15) is 13.2 Å². The van der Waals surface area contributed by atoms with E-state index in [0.717, 1.165) is 68.5 Å². The zero-order valence-corrected chi connectivity index (χ0v) is 16.3. The molecule has 4 nitrogen and oxygen atoms in total. The highest BCUT2D eigenvalue weighted by atomic mass is 19.4. The average molecular weight is 422 g/mol. The molecule has 30 heavy (non-hydrogen) atoms. The van der Waals surface area contributed by atoms with Gasteiger partial charge in [-0.25, -0.2) is 4.39 Å². The molecule has 2 aromatic carbocycles. The van der Waals surface area contributed by atoms with E-state index in [1.54, 1.807) is 6.07 Å². The van der Waals surface area contributed by atoms with Crippen molar-refractivity contribution in [2.24, 2.45) is 0 Å². The summed E-state index contributed by atoms with van der Waals surface area (Å²) >= 11 is 0. The van der Waals surface area contributed by atoms with Crippen LogP contribution in [0.15, 0.2) is 47.0 Å². The summed E-state index contributed by atoms with van der Waals surface area (Å²) in [5, 5.41) is 4.90. The van der Waals surface area contributed by atoms with Crippen LogP contribution in [0.4, 0.5) is 17.6 Å². The number of benzene rings is 2. The molecule has 0 amide bonds. The van der Waals surface area contributed by atoms with E-state index in [2.05, 4.69) is 10.1 Å². The number of aryl methyl sites for hydroxylation is 1. The molecule has 0 bridgehead atoms. The summed E-state index contributed by atoms with van der Waals surface area (Å²) in [7, 11) is 0. The van der Waals surface area contributed by atoms with Gasteiger partial charge in [-0.1, -0.05) is 5.16 Å². The molecule has 0 aliphatic carbocycles. The number of likely N-dealkylation sites (tertiary alicyclic amines) is 1. The van der Waals surface area contributed by atoms with Crippen LogP contribution in [0, 0.1) is 5.82 Å². The SMILES string of the molecule is Fc1ccc2c(CCCN3CCC(Oc4ccc(C(F)(F)F)cc4)CC3)noc2c1. The number of nitrogens with zero attached hydrogens (tertiary/aromatic N) is 2. The fourth-order valence-electron chi connectivity index (χ4n) is 3.78. The van der Waals surface area contributed by atoms with Gasteiger partial charge in [-0.3, -0.25) is 0 Å². The maximum atomic E-state index is 13.2. The van der Waals surface area contributed by atoms with Crippen LogP contribution in [0.5, 0.6) is 5.75 Å². The lowest BCUT2D eigenvalue weighted by Gasteiger charge is -2.32. The quantitative estimate of drug-likeness (QED) is 0.495. The van der Waals surface area contributed by atoms with Crippen LogP contribution in [0.2, 0.25) is 0 Å². The summed E-state index contributed by atoms with van der Waals surface area (Å²) < 4.78 is 62.2. The molecule has 0 saturated carbocycles. The average Bonchev–Trinajstić information content (AvgIpc) is 3.11. The fraction of sp³-hybridized carbons (Fsp3) is 0.409. The predicted octanol–water partition coefficient (Wildman–Crippen LogP) is 5.46. The Morgan fingerprint density at radius 3 is 2.50 bits per heavy atom. The molecule has 1 fully saturated rings. The zero-order valence-electron chi connectivity index (χ0n) is 16.3. The zero-order chi connectivity index (χ0) is 21.1. The van der Waals surface area contributed by atoms with Crippen LogP contribution in [-0.2, 0) is 12.6 Å². The Kier molecular flexibility index (Phi) is 5.94. The first-order valence-electron chi connectivity index (χ1n) is 9.98. The topological polar surface area (TPSA) is 38.5 Å². The van der Waals surface area contributed by atoms with Crippen molar-refractivity contribution in [1.82, 2.24) is 10.1 Å². The van der Waals surface area contributed by atoms with Gasteiger partial charge in [0.15, 0.2) is 5.58 Å². The maximum absolute atomic E-state index is 13.2. The van der Waals surface area contributed by atoms with Crippen molar-refractivity contribution in [2.75, 3.05) is 19.6 Å². The van der Waals surface area contributed by atoms with Crippen LogP contribution >= 0.6 is 0 Å². The highest BCUT2D eigenvalue weighted by Crippen LogP contribution is 2.31. The second-order valence-corrected chi connectivity index (χ2v) is 7.55. The van der Waals surface area contributed by atoms with Crippen molar-refractivity contribution in [3.8, 4) is 5.75 Å². The highest BCUT2D eigenvalue weighted by molar-refractivity contribution is 5.79. The van der Waals surface area contributed by atoms with E-state index in [0.29, 0.717) is 11.3 Å². The summed E-state index contributed by atoms with van der Waals surface area (Å²) in [6, 6.07) is 9.30. The summed E-state index contributed by atoms with van der Waals surface area (Å²) in [5.41, 5.74) is 0.631. The highest BCUT2D eigenvalue weighted by Gasteiger charge is 2.30. The van der Waals surface area contributed by atoms with Gasteiger partial charge in [-0.05, 0) is 68.6 Å². The smallest absolute Gasteiger partial charge is 0.416 e. The van der Waals surface area contributed by atoms with Gasteiger partial charge in [0, 0.05) is 24.5 Å². The second kappa shape index (κ2) is 8.63. The molecule has 0 unspecified atom stereocenters. The molecule has 3 aromatic rings. The molecule has 0 spiro atoms. The van der Waals surface area contributed by atoms with Crippen LogP contribution in [0.3, 0.4) is 0 Å². The molecular formula is C22H22F4N2O2.